The van der Waals surface area contributed by atoms with Gasteiger partial charge in [0.2, 0.25) is 15.9 Å². The van der Waals surface area contributed by atoms with E-state index in [0.717, 1.165) is 25.3 Å². The number of rotatable bonds is 7. The predicted molar refractivity (Wildman–Crippen MR) is 106 cm³/mol. The largest absolute Gasteiger partial charge is 0.352 e. The van der Waals surface area contributed by atoms with Crippen LogP contribution in [-0.2, 0) is 14.8 Å². The fourth-order valence-corrected chi connectivity index (χ4v) is 6.05. The molecule has 0 spiro atoms. The minimum Gasteiger partial charge on any atom is -0.352 e. The Morgan fingerprint density at radius 2 is 2.04 bits per heavy atom. The maximum atomic E-state index is 13.5. The summed E-state index contributed by atoms with van der Waals surface area (Å²) in [5.41, 5.74) is 0. The van der Waals surface area contributed by atoms with Gasteiger partial charge in [-0.1, -0.05) is 19.9 Å². The van der Waals surface area contributed by atoms with Crippen LogP contribution >= 0.6 is 0 Å². The molecule has 1 amide bonds. The lowest BCUT2D eigenvalue weighted by Crippen LogP contribution is -2.49. The molecule has 8 heteroatoms. The van der Waals surface area contributed by atoms with Crippen LogP contribution in [0.25, 0.3) is 0 Å². The summed E-state index contributed by atoms with van der Waals surface area (Å²) in [4.78, 5) is 12.6. The van der Waals surface area contributed by atoms with Crippen LogP contribution in [0.4, 0.5) is 4.39 Å². The van der Waals surface area contributed by atoms with Gasteiger partial charge in [-0.05, 0) is 62.3 Å². The molecule has 1 saturated carbocycles. The molecule has 6 nitrogen and oxygen atoms in total. The van der Waals surface area contributed by atoms with Crippen molar-refractivity contribution < 1.29 is 17.6 Å². The van der Waals surface area contributed by atoms with Gasteiger partial charge in [-0.3, -0.25) is 4.79 Å². The zero-order valence-electron chi connectivity index (χ0n) is 16.7. The Morgan fingerprint density at radius 1 is 1.29 bits per heavy atom. The number of fused-ring (bicyclic) bond motifs is 1. The average molecular weight is 412 g/mol. The Balaban J connectivity index is 1.67. The van der Waals surface area contributed by atoms with Crippen LogP contribution in [0.1, 0.15) is 33.1 Å². The van der Waals surface area contributed by atoms with Crippen LogP contribution < -0.4 is 10.6 Å². The summed E-state index contributed by atoms with van der Waals surface area (Å²) < 4.78 is 40.7. The molecule has 4 atom stereocenters. The van der Waals surface area contributed by atoms with Gasteiger partial charge in [-0.2, -0.15) is 4.31 Å². The third kappa shape index (κ3) is 4.39. The first-order valence-electron chi connectivity index (χ1n) is 9.95. The molecule has 0 radical (unpaired) electrons. The molecule has 1 saturated heterocycles. The molecule has 28 heavy (non-hydrogen) atoms. The lowest BCUT2D eigenvalue weighted by atomic mass is 9.97. The number of benzene rings is 1. The number of likely N-dealkylation sites (N-methyl/N-ethyl adjacent to an activating group) is 1. The average Bonchev–Trinajstić information content (AvgIpc) is 3.22. The maximum Gasteiger partial charge on any atom is 0.243 e. The summed E-state index contributed by atoms with van der Waals surface area (Å²) >= 11 is 0. The Bertz CT molecular complexity index is 815. The van der Waals surface area contributed by atoms with E-state index in [4.69, 9.17) is 0 Å². The van der Waals surface area contributed by atoms with Crippen molar-refractivity contribution >= 4 is 15.9 Å². The molecule has 2 fully saturated rings. The predicted octanol–water partition coefficient (Wildman–Crippen LogP) is 1.98. The molecule has 1 aliphatic heterocycles. The molecule has 0 aromatic heterocycles. The Hall–Kier alpha value is -1.51. The van der Waals surface area contributed by atoms with E-state index in [2.05, 4.69) is 24.5 Å². The molecule has 3 rings (SSSR count). The standard InChI is InChI=1S/C20H30FN3O3S/c1-13(2)9-19(22-3)20(25)23-18-8-7-14-11-24(12-17(14)18)28(26,27)16-6-4-5-15(21)10-16/h4-6,10,13-14,17-19,22H,7-9,11-12H2,1-3H3,(H,23,25)/t14-,17?,18?,19-/m0/s1. The van der Waals surface area contributed by atoms with E-state index in [1.165, 1.54) is 22.5 Å². The minimum atomic E-state index is -3.72. The van der Waals surface area contributed by atoms with E-state index in [9.17, 15) is 17.6 Å². The first kappa shape index (κ1) is 21.2. The topological polar surface area (TPSA) is 78.5 Å². The smallest absolute Gasteiger partial charge is 0.243 e. The molecular weight excluding hydrogens is 381 g/mol. The zero-order valence-corrected chi connectivity index (χ0v) is 17.5. The van der Waals surface area contributed by atoms with E-state index < -0.39 is 15.8 Å². The molecule has 2 N–H and O–H groups in total. The lowest BCUT2D eigenvalue weighted by Gasteiger charge is -2.25. The number of carbonyl (C=O) groups excluding carboxylic acids is 1. The molecule has 156 valence electrons. The van der Waals surface area contributed by atoms with Gasteiger partial charge in [0, 0.05) is 19.1 Å². The van der Waals surface area contributed by atoms with Gasteiger partial charge in [-0.15, -0.1) is 0 Å². The van der Waals surface area contributed by atoms with Crippen molar-refractivity contribution in [2.24, 2.45) is 17.8 Å². The van der Waals surface area contributed by atoms with Crippen LogP contribution in [0, 0.1) is 23.6 Å². The number of nitrogens with one attached hydrogen (secondary N) is 2. The van der Waals surface area contributed by atoms with Crippen LogP contribution in [-0.4, -0.2) is 50.9 Å². The number of sulfonamides is 1. The van der Waals surface area contributed by atoms with E-state index in [-0.39, 0.29) is 34.7 Å². The summed E-state index contributed by atoms with van der Waals surface area (Å²) in [6.07, 6.45) is 2.51. The number of hydrogen-bond acceptors (Lipinski definition) is 4. The first-order valence-corrected chi connectivity index (χ1v) is 11.4. The van der Waals surface area contributed by atoms with Crippen molar-refractivity contribution in [3.63, 3.8) is 0 Å². The zero-order chi connectivity index (χ0) is 20.5. The summed E-state index contributed by atoms with van der Waals surface area (Å²) in [6, 6.07) is 4.87. The van der Waals surface area contributed by atoms with Crippen molar-refractivity contribution in [2.75, 3.05) is 20.1 Å². The van der Waals surface area contributed by atoms with Crippen LogP contribution in [0.15, 0.2) is 29.2 Å². The fourth-order valence-electron chi connectivity index (χ4n) is 4.49. The number of amides is 1. The molecule has 1 aliphatic carbocycles. The van der Waals surface area contributed by atoms with Crippen molar-refractivity contribution in [1.82, 2.24) is 14.9 Å². The van der Waals surface area contributed by atoms with E-state index in [0.29, 0.717) is 19.0 Å². The second-order valence-electron chi connectivity index (χ2n) is 8.37. The summed E-state index contributed by atoms with van der Waals surface area (Å²) in [5.74, 6) is 0.149. The van der Waals surface area contributed by atoms with Crippen LogP contribution in [0.5, 0.6) is 0 Å². The van der Waals surface area contributed by atoms with Crippen molar-refractivity contribution in [1.29, 1.82) is 0 Å². The highest BCUT2D eigenvalue weighted by Gasteiger charge is 2.47. The van der Waals surface area contributed by atoms with Gasteiger partial charge in [0.05, 0.1) is 10.9 Å². The highest BCUT2D eigenvalue weighted by atomic mass is 32.2. The molecule has 2 aliphatic rings. The van der Waals surface area contributed by atoms with E-state index in [1.54, 1.807) is 7.05 Å². The Morgan fingerprint density at radius 3 is 2.68 bits per heavy atom. The van der Waals surface area contributed by atoms with Crippen molar-refractivity contribution in [2.45, 2.75) is 50.1 Å². The fraction of sp³-hybridized carbons (Fsp3) is 0.650. The number of hydrogen-bond donors (Lipinski definition) is 2. The molecule has 1 aromatic carbocycles. The van der Waals surface area contributed by atoms with Gasteiger partial charge in [0.25, 0.3) is 0 Å². The highest BCUT2D eigenvalue weighted by molar-refractivity contribution is 7.89. The number of carbonyl (C=O) groups is 1. The summed E-state index contributed by atoms with van der Waals surface area (Å²) in [5, 5.41) is 6.22. The highest BCUT2D eigenvalue weighted by Crippen LogP contribution is 2.40. The third-order valence-electron chi connectivity index (χ3n) is 5.96. The summed E-state index contributed by atoms with van der Waals surface area (Å²) in [7, 11) is -1.94. The normalized spacial score (nSPS) is 26.4. The number of nitrogens with zero attached hydrogens (tertiary/aromatic N) is 1. The minimum absolute atomic E-state index is 0.0137. The SMILES string of the molecule is CN[C@@H](CC(C)C)C(=O)NC1CC[C@H]2CN(S(=O)(=O)c3cccc(F)c3)CC12. The van der Waals surface area contributed by atoms with Crippen molar-refractivity contribution in [3.8, 4) is 0 Å². The maximum absolute atomic E-state index is 13.5. The molecular formula is C20H30FN3O3S. The van der Waals surface area contributed by atoms with Gasteiger partial charge in [0.15, 0.2) is 0 Å². The third-order valence-corrected chi connectivity index (χ3v) is 7.78. The van der Waals surface area contributed by atoms with Gasteiger partial charge in [0.1, 0.15) is 5.82 Å². The van der Waals surface area contributed by atoms with Crippen LogP contribution in [0.3, 0.4) is 0 Å². The van der Waals surface area contributed by atoms with Crippen molar-refractivity contribution in [3.05, 3.63) is 30.1 Å². The number of halogens is 1. The molecule has 1 aromatic rings. The monoisotopic (exact) mass is 411 g/mol. The molecule has 0 bridgehead atoms. The molecule has 1 heterocycles. The lowest BCUT2D eigenvalue weighted by molar-refractivity contribution is -0.124. The second-order valence-corrected chi connectivity index (χ2v) is 10.3. The van der Waals surface area contributed by atoms with E-state index >= 15 is 0 Å². The van der Waals surface area contributed by atoms with Gasteiger partial charge >= 0.3 is 0 Å². The van der Waals surface area contributed by atoms with E-state index in [1.807, 2.05) is 0 Å². The second kappa shape index (κ2) is 8.47. The first-order chi connectivity index (χ1) is 13.2. The molecule has 2 unspecified atom stereocenters. The Labute approximate surface area is 166 Å². The Kier molecular flexibility index (Phi) is 6.41. The van der Waals surface area contributed by atoms with Gasteiger partial charge in [-0.25, -0.2) is 12.8 Å². The quantitative estimate of drug-likeness (QED) is 0.719. The summed E-state index contributed by atoms with van der Waals surface area (Å²) in [6.45, 7) is 4.95. The van der Waals surface area contributed by atoms with Gasteiger partial charge < -0.3 is 10.6 Å². The van der Waals surface area contributed by atoms with Crippen LogP contribution in [0.2, 0.25) is 0 Å².